The molecule has 0 aromatic heterocycles. The molecule has 1 amide bonds. The van der Waals surface area contributed by atoms with Crippen LogP contribution < -0.4 is 0 Å². The van der Waals surface area contributed by atoms with E-state index < -0.39 is 0 Å². The molecule has 0 bridgehead atoms. The summed E-state index contributed by atoms with van der Waals surface area (Å²) in [5.41, 5.74) is 0.736. The Morgan fingerprint density at radius 2 is 1.75 bits per heavy atom. The number of piperidine rings is 1. The SMILES string of the molecule is O=CN1CC2CCC23CCC3C1. The van der Waals surface area contributed by atoms with Crippen LogP contribution in [0.5, 0.6) is 0 Å². The summed E-state index contributed by atoms with van der Waals surface area (Å²) in [6.45, 7) is 2.11. The van der Waals surface area contributed by atoms with E-state index in [1.54, 1.807) is 0 Å². The van der Waals surface area contributed by atoms with Crippen molar-refractivity contribution in [3.05, 3.63) is 0 Å². The molecule has 2 nitrogen and oxygen atoms in total. The van der Waals surface area contributed by atoms with Crippen molar-refractivity contribution in [1.82, 2.24) is 4.90 Å². The highest BCUT2D eigenvalue weighted by Crippen LogP contribution is 2.65. The third kappa shape index (κ3) is 0.606. The van der Waals surface area contributed by atoms with E-state index in [-0.39, 0.29) is 0 Å². The Morgan fingerprint density at radius 3 is 2.08 bits per heavy atom. The summed E-state index contributed by atoms with van der Waals surface area (Å²) < 4.78 is 0. The van der Waals surface area contributed by atoms with Crippen LogP contribution in [0.2, 0.25) is 0 Å². The van der Waals surface area contributed by atoms with Crippen LogP contribution in [0.3, 0.4) is 0 Å². The summed E-state index contributed by atoms with van der Waals surface area (Å²) in [4.78, 5) is 12.6. The maximum Gasteiger partial charge on any atom is 0.209 e. The molecule has 66 valence electrons. The molecule has 0 aromatic carbocycles. The fourth-order valence-electron chi connectivity index (χ4n) is 3.58. The van der Waals surface area contributed by atoms with Crippen molar-refractivity contribution in [3.63, 3.8) is 0 Å². The van der Waals surface area contributed by atoms with E-state index in [9.17, 15) is 4.79 Å². The second-order valence-corrected chi connectivity index (χ2v) is 4.76. The third-order valence-corrected chi connectivity index (χ3v) is 4.60. The Kier molecular flexibility index (Phi) is 1.18. The molecule has 12 heavy (non-hydrogen) atoms. The molecule has 0 N–H and O–H groups in total. The van der Waals surface area contributed by atoms with Crippen LogP contribution in [0.1, 0.15) is 25.7 Å². The van der Waals surface area contributed by atoms with Crippen molar-refractivity contribution in [1.29, 1.82) is 0 Å². The maximum atomic E-state index is 10.6. The normalized spacial score (nSPS) is 49.8. The first-order valence-electron chi connectivity index (χ1n) is 5.04. The summed E-state index contributed by atoms with van der Waals surface area (Å²) in [6.07, 6.45) is 6.70. The Hall–Kier alpha value is -0.530. The predicted octanol–water partition coefficient (Wildman–Crippen LogP) is 1.26. The molecule has 3 fully saturated rings. The van der Waals surface area contributed by atoms with Crippen LogP contribution in [0, 0.1) is 17.3 Å². The first-order chi connectivity index (χ1) is 5.85. The van der Waals surface area contributed by atoms with Gasteiger partial charge in [-0.25, -0.2) is 0 Å². The predicted molar refractivity (Wildman–Crippen MR) is 45.5 cm³/mol. The fraction of sp³-hybridized carbons (Fsp3) is 0.900. The number of hydrogen-bond donors (Lipinski definition) is 0. The molecule has 0 radical (unpaired) electrons. The van der Waals surface area contributed by atoms with Gasteiger partial charge in [0.2, 0.25) is 6.41 Å². The quantitative estimate of drug-likeness (QED) is 0.536. The maximum absolute atomic E-state index is 10.6. The van der Waals surface area contributed by atoms with E-state index in [1.807, 2.05) is 4.90 Å². The number of carbonyl (C=O) groups is 1. The van der Waals surface area contributed by atoms with Crippen LogP contribution in [0.25, 0.3) is 0 Å². The minimum atomic E-state index is 0.736. The molecule has 2 aliphatic carbocycles. The van der Waals surface area contributed by atoms with E-state index in [0.717, 1.165) is 36.8 Å². The second kappa shape index (κ2) is 2.04. The van der Waals surface area contributed by atoms with Gasteiger partial charge in [0.1, 0.15) is 0 Å². The average molecular weight is 165 g/mol. The van der Waals surface area contributed by atoms with Crippen LogP contribution in [-0.2, 0) is 4.79 Å². The second-order valence-electron chi connectivity index (χ2n) is 4.76. The Bertz CT molecular complexity index is 206. The first-order valence-corrected chi connectivity index (χ1v) is 5.04. The van der Waals surface area contributed by atoms with Gasteiger partial charge < -0.3 is 4.90 Å². The molecule has 1 aliphatic heterocycles. The van der Waals surface area contributed by atoms with Gasteiger partial charge in [-0.3, -0.25) is 4.79 Å². The summed E-state index contributed by atoms with van der Waals surface area (Å²) in [5.74, 6) is 1.74. The summed E-state index contributed by atoms with van der Waals surface area (Å²) >= 11 is 0. The van der Waals surface area contributed by atoms with Gasteiger partial charge >= 0.3 is 0 Å². The number of nitrogens with zero attached hydrogens (tertiary/aromatic N) is 1. The molecule has 3 aliphatic rings. The lowest BCUT2D eigenvalue weighted by atomic mass is 9.43. The Morgan fingerprint density at radius 1 is 1.17 bits per heavy atom. The average Bonchev–Trinajstić information content (AvgIpc) is 1.99. The third-order valence-electron chi connectivity index (χ3n) is 4.60. The van der Waals surface area contributed by atoms with Crippen molar-refractivity contribution >= 4 is 6.41 Å². The number of hydrogen-bond acceptors (Lipinski definition) is 1. The Balaban J connectivity index is 1.81. The number of carbonyl (C=O) groups excluding carboxylic acids is 1. The highest BCUT2D eigenvalue weighted by atomic mass is 16.1. The zero-order valence-electron chi connectivity index (χ0n) is 7.33. The van der Waals surface area contributed by atoms with Crippen molar-refractivity contribution in [3.8, 4) is 0 Å². The van der Waals surface area contributed by atoms with Crippen molar-refractivity contribution < 1.29 is 4.79 Å². The topological polar surface area (TPSA) is 20.3 Å². The van der Waals surface area contributed by atoms with Gasteiger partial charge in [-0.2, -0.15) is 0 Å². The standard InChI is InChI=1S/C10H15NO/c12-7-11-5-8-1-3-10(8)4-2-9(10)6-11/h7-9H,1-6H2. The Labute approximate surface area is 72.9 Å². The highest BCUT2D eigenvalue weighted by molar-refractivity contribution is 5.48. The number of rotatable bonds is 1. The lowest BCUT2D eigenvalue weighted by molar-refractivity contribution is -0.169. The van der Waals surface area contributed by atoms with Gasteiger partial charge in [0, 0.05) is 13.1 Å². The van der Waals surface area contributed by atoms with Crippen LogP contribution in [0.15, 0.2) is 0 Å². The minimum Gasteiger partial charge on any atom is -0.345 e. The van der Waals surface area contributed by atoms with Gasteiger partial charge in [0.05, 0.1) is 0 Å². The van der Waals surface area contributed by atoms with E-state index in [1.165, 1.54) is 25.7 Å². The molecule has 2 saturated carbocycles. The van der Waals surface area contributed by atoms with Crippen LogP contribution in [-0.4, -0.2) is 24.4 Å². The van der Waals surface area contributed by atoms with Gasteiger partial charge in [-0.05, 0) is 42.9 Å². The van der Waals surface area contributed by atoms with Crippen molar-refractivity contribution in [2.24, 2.45) is 17.3 Å². The highest BCUT2D eigenvalue weighted by Gasteiger charge is 2.59. The summed E-state index contributed by atoms with van der Waals surface area (Å²) in [6, 6.07) is 0. The molecule has 1 spiro atoms. The van der Waals surface area contributed by atoms with Crippen molar-refractivity contribution in [2.45, 2.75) is 25.7 Å². The van der Waals surface area contributed by atoms with Crippen molar-refractivity contribution in [2.75, 3.05) is 13.1 Å². The molecule has 2 unspecified atom stereocenters. The van der Waals surface area contributed by atoms with E-state index in [0.29, 0.717) is 0 Å². The van der Waals surface area contributed by atoms with E-state index in [4.69, 9.17) is 0 Å². The largest absolute Gasteiger partial charge is 0.345 e. The monoisotopic (exact) mass is 165 g/mol. The number of amides is 1. The summed E-state index contributed by atoms with van der Waals surface area (Å²) in [7, 11) is 0. The van der Waals surface area contributed by atoms with Gasteiger partial charge in [-0.15, -0.1) is 0 Å². The zero-order valence-corrected chi connectivity index (χ0v) is 7.33. The zero-order chi connectivity index (χ0) is 8.18. The van der Waals surface area contributed by atoms with Crippen LogP contribution >= 0.6 is 0 Å². The molecule has 2 heteroatoms. The first kappa shape index (κ1) is 6.93. The molecule has 3 rings (SSSR count). The van der Waals surface area contributed by atoms with E-state index >= 15 is 0 Å². The van der Waals surface area contributed by atoms with Crippen LogP contribution in [0.4, 0.5) is 0 Å². The van der Waals surface area contributed by atoms with Gasteiger partial charge in [-0.1, -0.05) is 0 Å². The molecule has 2 atom stereocenters. The fourth-order valence-corrected chi connectivity index (χ4v) is 3.58. The molecular formula is C10H15NO. The molecule has 1 saturated heterocycles. The minimum absolute atomic E-state index is 0.736. The number of likely N-dealkylation sites (tertiary alicyclic amines) is 1. The lowest BCUT2D eigenvalue weighted by Gasteiger charge is -2.65. The smallest absolute Gasteiger partial charge is 0.209 e. The van der Waals surface area contributed by atoms with Gasteiger partial charge in [0.15, 0.2) is 0 Å². The molecule has 0 aromatic rings. The molecular weight excluding hydrogens is 150 g/mol. The van der Waals surface area contributed by atoms with Gasteiger partial charge in [0.25, 0.3) is 0 Å². The lowest BCUT2D eigenvalue weighted by Crippen LogP contribution is -2.63. The van der Waals surface area contributed by atoms with E-state index in [2.05, 4.69) is 0 Å². The summed E-state index contributed by atoms with van der Waals surface area (Å²) in [5, 5.41) is 0. The molecule has 1 heterocycles.